The number of pyridine rings is 1. The minimum absolute atomic E-state index is 0. The lowest BCUT2D eigenvalue weighted by Gasteiger charge is -2.16. The Kier molecular flexibility index (Phi) is 7.88. The lowest BCUT2D eigenvalue weighted by atomic mass is 10.1. The first-order chi connectivity index (χ1) is 15.7. The number of fused-ring (bicyclic) bond motifs is 1. The van der Waals surface area contributed by atoms with Crippen LogP contribution in [0.3, 0.4) is 0 Å². The number of aromatic nitrogens is 1. The van der Waals surface area contributed by atoms with E-state index in [0.29, 0.717) is 46.2 Å². The van der Waals surface area contributed by atoms with Crippen LogP contribution in [0.15, 0.2) is 42.6 Å². The average Bonchev–Trinajstić information content (AvgIpc) is 3.41. The molecular weight excluding hydrogens is 493 g/mol. The highest BCUT2D eigenvalue weighted by Gasteiger charge is 2.31. The predicted octanol–water partition coefficient (Wildman–Crippen LogP) is 5.63. The Hall–Kier alpha value is -3.05. The fourth-order valence-corrected chi connectivity index (χ4v) is 4.48. The van der Waals surface area contributed by atoms with E-state index in [2.05, 4.69) is 15.6 Å². The number of nitrogens with zero attached hydrogens (tertiary/aromatic N) is 2. The molecule has 1 atom stereocenters. The molecule has 3 heterocycles. The highest BCUT2D eigenvalue weighted by molar-refractivity contribution is 7.20. The van der Waals surface area contributed by atoms with Crippen molar-refractivity contribution < 1.29 is 27.5 Å². The Morgan fingerprint density at radius 1 is 1.24 bits per heavy atom. The fraction of sp³-hybridized carbons (Fsp3) is 0.318. The number of benzene rings is 1. The Labute approximate surface area is 203 Å². The molecule has 3 aromatic rings. The van der Waals surface area contributed by atoms with Crippen LogP contribution >= 0.6 is 23.7 Å². The van der Waals surface area contributed by atoms with Crippen molar-refractivity contribution in [2.24, 2.45) is 0 Å². The molecular formula is C22H22ClF3N4O3S. The van der Waals surface area contributed by atoms with Gasteiger partial charge in [-0.25, -0.2) is 9.78 Å². The van der Waals surface area contributed by atoms with Gasteiger partial charge >= 0.3 is 12.3 Å². The molecule has 2 aromatic heterocycles. The summed E-state index contributed by atoms with van der Waals surface area (Å²) >= 11 is 1.12. The molecule has 0 saturated carbocycles. The summed E-state index contributed by atoms with van der Waals surface area (Å²) in [7, 11) is 0. The zero-order chi connectivity index (χ0) is 23.6. The Balaban J connectivity index is 0.00000324. The molecule has 7 nitrogen and oxygen atoms in total. The number of nitrogens with one attached hydrogen (secondary N) is 2. The van der Waals surface area contributed by atoms with Crippen molar-refractivity contribution in [3.63, 3.8) is 0 Å². The second-order valence-corrected chi connectivity index (χ2v) is 8.61. The molecule has 1 aliphatic rings. The molecule has 0 radical (unpaired) electrons. The van der Waals surface area contributed by atoms with Crippen molar-refractivity contribution in [1.29, 1.82) is 0 Å². The number of rotatable bonds is 5. The largest absolute Gasteiger partial charge is 0.450 e. The van der Waals surface area contributed by atoms with E-state index < -0.39 is 17.6 Å². The molecule has 182 valence electrons. The second kappa shape index (κ2) is 10.5. The molecule has 1 aliphatic heterocycles. The number of alkyl halides is 3. The lowest BCUT2D eigenvalue weighted by molar-refractivity contribution is -0.137. The Morgan fingerprint density at radius 3 is 2.71 bits per heavy atom. The monoisotopic (exact) mass is 514 g/mol. The SMILES string of the molecule is CCOC(=O)N1CC[C@H](Nc2ccc(NC(=O)c3cc4cc(C(F)(F)F)ccc4s3)cn2)C1.Cl. The van der Waals surface area contributed by atoms with Crippen LogP contribution in [-0.4, -0.2) is 47.6 Å². The quantitative estimate of drug-likeness (QED) is 0.461. The van der Waals surface area contributed by atoms with Gasteiger partial charge in [0.15, 0.2) is 0 Å². The van der Waals surface area contributed by atoms with Crippen molar-refractivity contribution >= 4 is 57.3 Å². The Morgan fingerprint density at radius 2 is 2.03 bits per heavy atom. The first kappa shape index (κ1) is 25.6. The van der Waals surface area contributed by atoms with Gasteiger partial charge in [0.25, 0.3) is 5.91 Å². The summed E-state index contributed by atoms with van der Waals surface area (Å²) in [4.78, 5) is 30.6. The molecule has 34 heavy (non-hydrogen) atoms. The Bertz CT molecular complexity index is 1170. The third-order valence-electron chi connectivity index (χ3n) is 5.16. The average molecular weight is 515 g/mol. The van der Waals surface area contributed by atoms with Gasteiger partial charge in [0.2, 0.25) is 0 Å². The highest BCUT2D eigenvalue weighted by Crippen LogP contribution is 2.34. The van der Waals surface area contributed by atoms with Gasteiger partial charge in [-0.3, -0.25) is 4.79 Å². The van der Waals surface area contributed by atoms with Crippen LogP contribution in [0.5, 0.6) is 0 Å². The summed E-state index contributed by atoms with van der Waals surface area (Å²) < 4.78 is 44.3. The van der Waals surface area contributed by atoms with Gasteiger partial charge in [0.1, 0.15) is 5.82 Å². The third-order valence-corrected chi connectivity index (χ3v) is 6.27. The summed E-state index contributed by atoms with van der Waals surface area (Å²) in [5, 5.41) is 6.33. The zero-order valence-corrected chi connectivity index (χ0v) is 19.6. The van der Waals surface area contributed by atoms with E-state index in [-0.39, 0.29) is 24.5 Å². The van der Waals surface area contributed by atoms with Crippen molar-refractivity contribution in [3.05, 3.63) is 53.0 Å². The number of halogens is 4. The van der Waals surface area contributed by atoms with Crippen molar-refractivity contribution in [2.75, 3.05) is 30.3 Å². The molecule has 0 aliphatic carbocycles. The number of amides is 2. The smallest absolute Gasteiger partial charge is 0.416 e. The minimum atomic E-state index is -4.43. The van der Waals surface area contributed by atoms with E-state index in [0.717, 1.165) is 29.9 Å². The first-order valence-corrected chi connectivity index (χ1v) is 11.1. The number of carbonyl (C=O) groups is 2. The summed E-state index contributed by atoms with van der Waals surface area (Å²) in [6.45, 7) is 3.21. The molecule has 2 N–H and O–H groups in total. The highest BCUT2D eigenvalue weighted by atomic mass is 35.5. The normalized spacial score (nSPS) is 15.6. The van der Waals surface area contributed by atoms with E-state index in [4.69, 9.17) is 4.74 Å². The summed E-state index contributed by atoms with van der Waals surface area (Å²) in [6.07, 6.45) is -2.51. The van der Waals surface area contributed by atoms with Crippen molar-refractivity contribution in [3.8, 4) is 0 Å². The lowest BCUT2D eigenvalue weighted by Crippen LogP contribution is -2.32. The molecule has 0 spiro atoms. The van der Waals surface area contributed by atoms with Gasteiger partial charge in [-0.1, -0.05) is 0 Å². The van der Waals surface area contributed by atoms with E-state index in [1.54, 1.807) is 24.0 Å². The maximum Gasteiger partial charge on any atom is 0.416 e. The molecule has 0 bridgehead atoms. The van der Waals surface area contributed by atoms with E-state index in [1.165, 1.54) is 18.3 Å². The van der Waals surface area contributed by atoms with Crippen LogP contribution in [-0.2, 0) is 10.9 Å². The predicted molar refractivity (Wildman–Crippen MR) is 127 cm³/mol. The number of thiophene rings is 1. The topological polar surface area (TPSA) is 83.6 Å². The third kappa shape index (κ3) is 5.89. The van der Waals surface area contributed by atoms with Crippen molar-refractivity contribution in [2.45, 2.75) is 25.6 Å². The van der Waals surface area contributed by atoms with Gasteiger partial charge in [0, 0.05) is 23.8 Å². The van der Waals surface area contributed by atoms with Gasteiger partial charge in [0.05, 0.1) is 28.9 Å². The molecule has 0 unspecified atom stereocenters. The van der Waals surface area contributed by atoms with Crippen LogP contribution in [0.2, 0.25) is 0 Å². The van der Waals surface area contributed by atoms with Crippen molar-refractivity contribution in [1.82, 2.24) is 9.88 Å². The number of carbonyl (C=O) groups excluding carboxylic acids is 2. The van der Waals surface area contributed by atoms with Gasteiger partial charge in [-0.2, -0.15) is 13.2 Å². The van der Waals surface area contributed by atoms with Crippen LogP contribution in [0.1, 0.15) is 28.6 Å². The summed E-state index contributed by atoms with van der Waals surface area (Å²) in [5.74, 6) is 0.179. The number of anilines is 2. The maximum absolute atomic E-state index is 12.9. The van der Waals surface area contributed by atoms with Crippen LogP contribution in [0.4, 0.5) is 29.5 Å². The van der Waals surface area contributed by atoms with Crippen LogP contribution in [0.25, 0.3) is 10.1 Å². The summed E-state index contributed by atoms with van der Waals surface area (Å²) in [6, 6.07) is 8.30. The van der Waals surface area contributed by atoms with Crippen LogP contribution in [0, 0.1) is 0 Å². The van der Waals surface area contributed by atoms with Gasteiger partial charge in [-0.15, -0.1) is 23.7 Å². The minimum Gasteiger partial charge on any atom is -0.450 e. The van der Waals surface area contributed by atoms with Gasteiger partial charge in [-0.05, 0) is 55.1 Å². The maximum atomic E-state index is 12.9. The zero-order valence-electron chi connectivity index (χ0n) is 18.0. The molecule has 1 fully saturated rings. The molecule has 1 saturated heterocycles. The number of ether oxygens (including phenoxy) is 1. The molecule has 1 aromatic carbocycles. The standard InChI is InChI=1S/C22H21F3N4O3S.ClH/c1-2-32-21(31)29-8-7-16(12-29)27-19-6-4-15(11-26-19)28-20(30)18-10-13-9-14(22(23,24)25)3-5-17(13)33-18;/h3-6,9-11,16H,2,7-8,12H2,1H3,(H,26,27)(H,28,30);1H/t16-;/m0./s1. The summed E-state index contributed by atoms with van der Waals surface area (Å²) in [5.41, 5.74) is -0.293. The molecule has 12 heteroatoms. The number of likely N-dealkylation sites (tertiary alicyclic amines) is 1. The van der Waals surface area contributed by atoms with E-state index in [1.807, 2.05) is 0 Å². The fourth-order valence-electron chi connectivity index (χ4n) is 3.55. The van der Waals surface area contributed by atoms with Crippen LogP contribution < -0.4 is 10.6 Å². The van der Waals surface area contributed by atoms with E-state index in [9.17, 15) is 22.8 Å². The molecule has 4 rings (SSSR count). The van der Waals surface area contributed by atoms with E-state index >= 15 is 0 Å². The number of hydrogen-bond donors (Lipinski definition) is 2. The van der Waals surface area contributed by atoms with Gasteiger partial charge < -0.3 is 20.3 Å². The number of hydrogen-bond acceptors (Lipinski definition) is 6. The second-order valence-electron chi connectivity index (χ2n) is 7.52. The first-order valence-electron chi connectivity index (χ1n) is 10.3. The molecule has 2 amide bonds.